The fourth-order valence-electron chi connectivity index (χ4n) is 2.56. The van der Waals surface area contributed by atoms with E-state index in [1.165, 1.54) is 11.1 Å². The molecular weight excluding hydrogens is 246 g/mol. The van der Waals surface area contributed by atoms with E-state index in [0.717, 1.165) is 31.0 Å². The molecule has 1 aliphatic carbocycles. The van der Waals surface area contributed by atoms with Crippen molar-refractivity contribution in [1.29, 1.82) is 0 Å². The summed E-state index contributed by atoms with van der Waals surface area (Å²) in [5.41, 5.74) is 2.71. The van der Waals surface area contributed by atoms with E-state index in [0.29, 0.717) is 6.04 Å². The Morgan fingerprint density at radius 1 is 1.33 bits per heavy atom. The van der Waals surface area contributed by atoms with Crippen molar-refractivity contribution in [3.05, 3.63) is 34.3 Å². The molecule has 100 valence electrons. The summed E-state index contributed by atoms with van der Waals surface area (Å²) in [7, 11) is 0. The molecule has 1 aromatic rings. The van der Waals surface area contributed by atoms with Crippen LogP contribution in [0.3, 0.4) is 0 Å². The summed E-state index contributed by atoms with van der Waals surface area (Å²) in [6.45, 7) is 7.93. The van der Waals surface area contributed by atoms with Crippen molar-refractivity contribution in [3.8, 4) is 0 Å². The molecule has 2 rings (SSSR count). The zero-order valence-corrected chi connectivity index (χ0v) is 12.2. The highest BCUT2D eigenvalue weighted by molar-refractivity contribution is 6.30. The van der Waals surface area contributed by atoms with Crippen molar-refractivity contribution in [1.82, 2.24) is 5.32 Å². The van der Waals surface area contributed by atoms with Crippen LogP contribution in [0.15, 0.2) is 18.2 Å². The molecule has 0 bridgehead atoms. The van der Waals surface area contributed by atoms with Crippen LogP contribution in [0.5, 0.6) is 0 Å². The van der Waals surface area contributed by atoms with Gasteiger partial charge in [-0.05, 0) is 56.9 Å². The molecule has 0 fully saturated rings. The number of ether oxygens (including phenoxy) is 1. The standard InChI is InChI=1S/C15H22ClNO/c1-4-18-15(2,3)10-17-14-8-11-5-6-13(16)7-12(11)9-14/h5-7,14,17H,4,8-10H2,1-3H3. The lowest BCUT2D eigenvalue weighted by molar-refractivity contribution is -0.0104. The molecule has 0 spiro atoms. The van der Waals surface area contributed by atoms with Crippen molar-refractivity contribution in [3.63, 3.8) is 0 Å². The minimum Gasteiger partial charge on any atom is -0.375 e. The zero-order valence-electron chi connectivity index (χ0n) is 11.4. The normalized spacial score (nSPS) is 19.0. The van der Waals surface area contributed by atoms with E-state index in [4.69, 9.17) is 16.3 Å². The maximum atomic E-state index is 6.02. The molecule has 0 aromatic heterocycles. The Bertz CT molecular complexity index is 417. The van der Waals surface area contributed by atoms with Gasteiger partial charge in [0.1, 0.15) is 0 Å². The third kappa shape index (κ3) is 3.47. The first-order valence-corrected chi connectivity index (χ1v) is 7.02. The van der Waals surface area contributed by atoms with Gasteiger partial charge in [-0.25, -0.2) is 0 Å². The fourth-order valence-corrected chi connectivity index (χ4v) is 2.76. The number of fused-ring (bicyclic) bond motifs is 1. The maximum Gasteiger partial charge on any atom is 0.0750 e. The van der Waals surface area contributed by atoms with Gasteiger partial charge in [0, 0.05) is 24.2 Å². The minimum absolute atomic E-state index is 0.0961. The van der Waals surface area contributed by atoms with Gasteiger partial charge in [-0.2, -0.15) is 0 Å². The van der Waals surface area contributed by atoms with Crippen LogP contribution < -0.4 is 5.32 Å². The average Bonchev–Trinajstić information content (AvgIpc) is 2.68. The lowest BCUT2D eigenvalue weighted by atomic mass is 10.1. The Balaban J connectivity index is 1.88. The van der Waals surface area contributed by atoms with E-state index in [1.54, 1.807) is 0 Å². The summed E-state index contributed by atoms with van der Waals surface area (Å²) >= 11 is 6.02. The van der Waals surface area contributed by atoms with Gasteiger partial charge in [-0.3, -0.25) is 0 Å². The van der Waals surface area contributed by atoms with E-state index in [1.807, 2.05) is 13.0 Å². The fraction of sp³-hybridized carbons (Fsp3) is 0.600. The van der Waals surface area contributed by atoms with Gasteiger partial charge in [-0.15, -0.1) is 0 Å². The van der Waals surface area contributed by atoms with E-state index in [2.05, 4.69) is 31.3 Å². The molecule has 0 saturated heterocycles. The van der Waals surface area contributed by atoms with Crippen LogP contribution in [-0.2, 0) is 17.6 Å². The lowest BCUT2D eigenvalue weighted by Crippen LogP contribution is -2.42. The molecule has 0 heterocycles. The van der Waals surface area contributed by atoms with Gasteiger partial charge >= 0.3 is 0 Å². The van der Waals surface area contributed by atoms with Crippen LogP contribution in [0.4, 0.5) is 0 Å². The van der Waals surface area contributed by atoms with Gasteiger partial charge in [0.05, 0.1) is 5.60 Å². The van der Waals surface area contributed by atoms with Gasteiger partial charge in [0.2, 0.25) is 0 Å². The number of rotatable bonds is 5. The molecule has 0 aliphatic heterocycles. The van der Waals surface area contributed by atoms with Crippen LogP contribution in [0.2, 0.25) is 5.02 Å². The van der Waals surface area contributed by atoms with E-state index >= 15 is 0 Å². The smallest absolute Gasteiger partial charge is 0.0750 e. The number of nitrogens with one attached hydrogen (secondary N) is 1. The average molecular weight is 268 g/mol. The number of halogens is 1. The maximum absolute atomic E-state index is 6.02. The molecular formula is C15H22ClNO. The molecule has 2 nitrogen and oxygen atoms in total. The first-order valence-electron chi connectivity index (χ1n) is 6.65. The van der Waals surface area contributed by atoms with Crippen LogP contribution in [-0.4, -0.2) is 24.8 Å². The van der Waals surface area contributed by atoms with E-state index in [-0.39, 0.29) is 5.60 Å². The molecule has 1 unspecified atom stereocenters. The summed E-state index contributed by atoms with van der Waals surface area (Å²) < 4.78 is 5.70. The van der Waals surface area contributed by atoms with Crippen LogP contribution >= 0.6 is 11.6 Å². The second-order valence-electron chi connectivity index (χ2n) is 5.59. The first kappa shape index (κ1) is 13.9. The number of hydrogen-bond acceptors (Lipinski definition) is 2. The van der Waals surface area contributed by atoms with E-state index < -0.39 is 0 Å². The second kappa shape index (κ2) is 5.60. The Morgan fingerprint density at radius 2 is 2.06 bits per heavy atom. The van der Waals surface area contributed by atoms with Crippen molar-refractivity contribution in [2.75, 3.05) is 13.2 Å². The Morgan fingerprint density at radius 3 is 2.78 bits per heavy atom. The Kier molecular flexibility index (Phi) is 4.31. The number of benzene rings is 1. The molecule has 1 N–H and O–H groups in total. The van der Waals surface area contributed by atoms with Crippen LogP contribution in [0.1, 0.15) is 31.9 Å². The molecule has 3 heteroatoms. The van der Waals surface area contributed by atoms with Gasteiger partial charge in [0.15, 0.2) is 0 Å². The highest BCUT2D eigenvalue weighted by atomic mass is 35.5. The molecule has 18 heavy (non-hydrogen) atoms. The van der Waals surface area contributed by atoms with Crippen molar-refractivity contribution >= 4 is 11.6 Å². The molecule has 1 aliphatic rings. The number of hydrogen-bond donors (Lipinski definition) is 1. The summed E-state index contributed by atoms with van der Waals surface area (Å²) in [6, 6.07) is 6.73. The molecule has 1 aromatic carbocycles. The Hall–Kier alpha value is -0.570. The highest BCUT2D eigenvalue weighted by Gasteiger charge is 2.24. The largest absolute Gasteiger partial charge is 0.375 e. The molecule has 0 radical (unpaired) electrons. The topological polar surface area (TPSA) is 21.3 Å². The van der Waals surface area contributed by atoms with Gasteiger partial charge in [0.25, 0.3) is 0 Å². The Labute approximate surface area is 115 Å². The van der Waals surface area contributed by atoms with Crippen molar-refractivity contribution in [2.45, 2.75) is 45.3 Å². The van der Waals surface area contributed by atoms with Crippen molar-refractivity contribution in [2.24, 2.45) is 0 Å². The summed E-state index contributed by atoms with van der Waals surface area (Å²) in [5.74, 6) is 0. The SMILES string of the molecule is CCOC(C)(C)CNC1Cc2ccc(Cl)cc2C1. The second-order valence-corrected chi connectivity index (χ2v) is 6.03. The lowest BCUT2D eigenvalue weighted by Gasteiger charge is -2.27. The van der Waals surface area contributed by atoms with Crippen molar-refractivity contribution < 1.29 is 4.74 Å². The molecule has 1 atom stereocenters. The minimum atomic E-state index is -0.0961. The monoisotopic (exact) mass is 267 g/mol. The predicted octanol–water partition coefficient (Wildman–Crippen LogP) is 3.21. The molecule has 0 amide bonds. The summed E-state index contributed by atoms with van der Waals surface area (Å²) in [6.07, 6.45) is 2.16. The third-order valence-electron chi connectivity index (χ3n) is 3.45. The van der Waals surface area contributed by atoms with Crippen LogP contribution in [0.25, 0.3) is 0 Å². The van der Waals surface area contributed by atoms with Crippen LogP contribution in [0, 0.1) is 0 Å². The molecule has 0 saturated carbocycles. The summed E-state index contributed by atoms with van der Waals surface area (Å²) in [5, 5.41) is 4.44. The van der Waals surface area contributed by atoms with Gasteiger partial charge in [-0.1, -0.05) is 17.7 Å². The quantitative estimate of drug-likeness (QED) is 0.885. The highest BCUT2D eigenvalue weighted by Crippen LogP contribution is 2.25. The first-order chi connectivity index (χ1) is 8.50. The summed E-state index contributed by atoms with van der Waals surface area (Å²) in [4.78, 5) is 0. The van der Waals surface area contributed by atoms with E-state index in [9.17, 15) is 0 Å². The predicted molar refractivity (Wildman–Crippen MR) is 76.4 cm³/mol. The van der Waals surface area contributed by atoms with Gasteiger partial charge < -0.3 is 10.1 Å². The third-order valence-corrected chi connectivity index (χ3v) is 3.69. The zero-order chi connectivity index (χ0) is 13.2.